The lowest BCUT2D eigenvalue weighted by molar-refractivity contribution is -0.116. The number of hydrogen-bond acceptors (Lipinski definition) is 7. The maximum atomic E-state index is 12.4. The maximum absolute atomic E-state index is 12.4. The highest BCUT2D eigenvalue weighted by molar-refractivity contribution is 7.73. The van der Waals surface area contributed by atoms with E-state index < -0.39 is 22.2 Å². The topological polar surface area (TPSA) is 125 Å². The molecule has 0 spiro atoms. The van der Waals surface area contributed by atoms with E-state index in [1.54, 1.807) is 36.3 Å². The predicted octanol–water partition coefficient (Wildman–Crippen LogP) is 2.00. The minimum Gasteiger partial charge on any atom is -0.506 e. The van der Waals surface area contributed by atoms with Crippen LogP contribution in [0.25, 0.3) is 0 Å². The van der Waals surface area contributed by atoms with Crippen LogP contribution in [0.2, 0.25) is 0 Å². The highest BCUT2D eigenvalue weighted by Gasteiger charge is 2.22. The second-order valence-corrected chi connectivity index (χ2v) is 6.28. The zero-order valence-corrected chi connectivity index (χ0v) is 14.5. The summed E-state index contributed by atoms with van der Waals surface area (Å²) in [7, 11) is -2.46. The SMILES string of the molecule is CC(=C=O)C(N=NC1=CC(=S(=O)=O)CC=C1O)C(=O)Nc1ccccc1. The Labute approximate surface area is 150 Å². The Kier molecular flexibility index (Phi) is 6.37. The molecule has 1 amide bonds. The number of nitrogens with one attached hydrogen (secondary N) is 1. The highest BCUT2D eigenvalue weighted by atomic mass is 32.2. The molecule has 0 aromatic heterocycles. The van der Waals surface area contributed by atoms with Crippen LogP contribution in [0.4, 0.5) is 5.69 Å². The van der Waals surface area contributed by atoms with Gasteiger partial charge in [-0.1, -0.05) is 18.2 Å². The third kappa shape index (κ3) is 4.85. The van der Waals surface area contributed by atoms with Crippen molar-refractivity contribution in [2.24, 2.45) is 10.2 Å². The molecule has 0 heterocycles. The van der Waals surface area contributed by atoms with E-state index in [0.717, 1.165) is 6.08 Å². The number of azo groups is 1. The molecule has 0 aliphatic heterocycles. The smallest absolute Gasteiger partial charge is 0.256 e. The van der Waals surface area contributed by atoms with E-state index in [2.05, 4.69) is 15.5 Å². The maximum Gasteiger partial charge on any atom is 0.256 e. The van der Waals surface area contributed by atoms with Crippen molar-refractivity contribution in [2.45, 2.75) is 19.4 Å². The van der Waals surface area contributed by atoms with E-state index in [-0.39, 0.29) is 28.3 Å². The van der Waals surface area contributed by atoms with Gasteiger partial charge >= 0.3 is 0 Å². The van der Waals surface area contributed by atoms with E-state index in [9.17, 15) is 23.1 Å². The second kappa shape index (κ2) is 8.70. The number of nitrogens with zero attached hydrogens (tertiary/aromatic N) is 2. The number of allylic oxidation sites excluding steroid dienone is 2. The van der Waals surface area contributed by atoms with Crippen molar-refractivity contribution in [3.63, 3.8) is 0 Å². The predicted molar refractivity (Wildman–Crippen MR) is 95.9 cm³/mol. The molecule has 9 heteroatoms. The van der Waals surface area contributed by atoms with Crippen LogP contribution in [-0.2, 0) is 19.9 Å². The van der Waals surface area contributed by atoms with Crippen LogP contribution in [0.1, 0.15) is 13.3 Å². The largest absolute Gasteiger partial charge is 0.506 e. The van der Waals surface area contributed by atoms with Crippen molar-refractivity contribution in [1.29, 1.82) is 0 Å². The van der Waals surface area contributed by atoms with E-state index in [0.29, 0.717) is 5.69 Å². The zero-order chi connectivity index (χ0) is 19.1. The van der Waals surface area contributed by atoms with Crippen LogP contribution in [0.3, 0.4) is 0 Å². The average molecular weight is 373 g/mol. The summed E-state index contributed by atoms with van der Waals surface area (Å²) < 4.78 is 22.1. The number of benzene rings is 1. The molecule has 1 aromatic carbocycles. The van der Waals surface area contributed by atoms with Crippen molar-refractivity contribution in [3.05, 3.63) is 59.5 Å². The van der Waals surface area contributed by atoms with Crippen LogP contribution >= 0.6 is 0 Å². The molecule has 0 radical (unpaired) electrons. The summed E-state index contributed by atoms with van der Waals surface area (Å²) >= 11 is 0. The van der Waals surface area contributed by atoms with Crippen LogP contribution < -0.4 is 5.32 Å². The fourth-order valence-electron chi connectivity index (χ4n) is 2.03. The van der Waals surface area contributed by atoms with Gasteiger partial charge in [-0.05, 0) is 31.2 Å². The van der Waals surface area contributed by atoms with Gasteiger partial charge in [0, 0.05) is 17.7 Å². The Bertz CT molecular complexity index is 976. The molecule has 2 rings (SSSR count). The second-order valence-electron chi connectivity index (χ2n) is 5.28. The highest BCUT2D eigenvalue weighted by Crippen LogP contribution is 2.18. The molecular formula is C17H15N3O5S. The summed E-state index contributed by atoms with van der Waals surface area (Å²) in [4.78, 5) is 23.3. The Hall–Kier alpha value is -3.29. The quantitative estimate of drug-likeness (QED) is 0.464. The minimum atomic E-state index is -2.46. The number of aliphatic hydroxyl groups excluding tert-OH is 1. The molecule has 0 bridgehead atoms. The molecule has 26 heavy (non-hydrogen) atoms. The van der Waals surface area contributed by atoms with Crippen molar-refractivity contribution in [1.82, 2.24) is 0 Å². The molecule has 134 valence electrons. The fourth-order valence-corrected chi connectivity index (χ4v) is 2.45. The van der Waals surface area contributed by atoms with E-state index in [1.807, 2.05) is 0 Å². The normalized spacial score (nSPS) is 14.9. The van der Waals surface area contributed by atoms with Crippen molar-refractivity contribution in [2.75, 3.05) is 5.32 Å². The van der Waals surface area contributed by atoms with E-state index >= 15 is 0 Å². The van der Waals surface area contributed by atoms with Crippen molar-refractivity contribution >= 4 is 32.7 Å². The molecule has 0 saturated heterocycles. The summed E-state index contributed by atoms with van der Waals surface area (Å²) in [6.45, 7) is 1.37. The first-order valence-electron chi connectivity index (χ1n) is 7.47. The number of carbonyl (C=O) groups excluding carboxylic acids is 2. The summed E-state index contributed by atoms with van der Waals surface area (Å²) in [5.74, 6) is 0.730. The number of para-hydroxylation sites is 1. The van der Waals surface area contributed by atoms with Crippen LogP contribution in [0, 0.1) is 0 Å². The summed E-state index contributed by atoms with van der Waals surface area (Å²) in [5.41, 5.74) is 0.374. The van der Waals surface area contributed by atoms with Gasteiger partial charge in [0.2, 0.25) is 10.3 Å². The summed E-state index contributed by atoms with van der Waals surface area (Å²) in [5, 5.41) is 19.9. The lowest BCUT2D eigenvalue weighted by Crippen LogP contribution is -2.27. The van der Waals surface area contributed by atoms with Gasteiger partial charge in [-0.3, -0.25) is 4.79 Å². The first-order chi connectivity index (χ1) is 12.4. The third-order valence-corrected chi connectivity index (χ3v) is 4.13. The Morgan fingerprint density at radius 2 is 2.00 bits per heavy atom. The molecule has 1 aliphatic rings. The zero-order valence-electron chi connectivity index (χ0n) is 13.7. The number of carbonyl (C=O) groups is 1. The van der Waals surface area contributed by atoms with Crippen molar-refractivity contribution in [3.8, 4) is 0 Å². The molecule has 2 N–H and O–H groups in total. The molecule has 1 aromatic rings. The van der Waals surface area contributed by atoms with Gasteiger partial charge in [-0.2, -0.15) is 18.6 Å². The van der Waals surface area contributed by atoms with Gasteiger partial charge in [-0.25, -0.2) is 4.79 Å². The van der Waals surface area contributed by atoms with E-state index in [1.165, 1.54) is 13.0 Å². The third-order valence-electron chi connectivity index (χ3n) is 3.41. The molecule has 1 unspecified atom stereocenters. The van der Waals surface area contributed by atoms with Crippen LogP contribution in [0.5, 0.6) is 0 Å². The number of hydrogen-bond donors (Lipinski definition) is 2. The molecule has 0 fully saturated rings. The van der Waals surface area contributed by atoms with Crippen LogP contribution in [0.15, 0.2) is 69.7 Å². The monoisotopic (exact) mass is 373 g/mol. The van der Waals surface area contributed by atoms with Gasteiger partial charge in [0.25, 0.3) is 5.91 Å². The fraction of sp³-hybridized carbons (Fsp3) is 0.176. The van der Waals surface area contributed by atoms with Crippen molar-refractivity contribution < 1.29 is 23.1 Å². The standard InChI is InChI=1S/C17H15N3O5S/c1-11(10-21)16(17(23)18-12-5-3-2-4-6-12)20-19-14-9-13(26(24)25)7-8-15(14)22/h2-6,8-9,16,22H,7H2,1H3,(H,18,23). The Morgan fingerprint density at radius 3 is 2.62 bits per heavy atom. The van der Waals surface area contributed by atoms with Gasteiger partial charge in [0.05, 0.1) is 4.86 Å². The van der Waals surface area contributed by atoms with Gasteiger partial charge in [0.1, 0.15) is 17.4 Å². The molecule has 0 saturated carbocycles. The van der Waals surface area contributed by atoms with Crippen LogP contribution in [-0.4, -0.2) is 36.3 Å². The molecular weight excluding hydrogens is 358 g/mol. The Morgan fingerprint density at radius 1 is 1.31 bits per heavy atom. The average Bonchev–Trinajstić information content (AvgIpc) is 2.63. The number of rotatable bonds is 5. The molecule has 1 aliphatic carbocycles. The Balaban J connectivity index is 2.29. The van der Waals surface area contributed by atoms with Gasteiger partial charge < -0.3 is 10.4 Å². The molecule has 8 nitrogen and oxygen atoms in total. The van der Waals surface area contributed by atoms with E-state index in [4.69, 9.17) is 0 Å². The summed E-state index contributed by atoms with van der Waals surface area (Å²) in [6.07, 6.45) is 2.45. The minimum absolute atomic E-state index is 0.0151. The number of amides is 1. The lowest BCUT2D eigenvalue weighted by atomic mass is 10.1. The van der Waals surface area contributed by atoms with Gasteiger partial charge in [0.15, 0.2) is 6.04 Å². The first-order valence-corrected chi connectivity index (χ1v) is 8.54. The lowest BCUT2D eigenvalue weighted by Gasteiger charge is -2.11. The number of anilines is 1. The van der Waals surface area contributed by atoms with Gasteiger partial charge in [-0.15, -0.1) is 0 Å². The summed E-state index contributed by atoms with van der Waals surface area (Å²) in [6, 6.07) is 7.28. The molecule has 1 atom stereocenters. The first kappa shape index (κ1) is 19.0. The number of aliphatic hydroxyl groups is 1.